The SMILES string of the molecule is COC(=O)C1=CCCN(CC2CCCCN2C(=O)Cc2ccc(Cl)c(Cl)c2)C1. The highest BCUT2D eigenvalue weighted by Crippen LogP contribution is 2.25. The molecular weight excluding hydrogens is 399 g/mol. The molecule has 2 heterocycles. The summed E-state index contributed by atoms with van der Waals surface area (Å²) in [7, 11) is 1.41. The minimum atomic E-state index is -0.263. The van der Waals surface area contributed by atoms with E-state index < -0.39 is 0 Å². The third-order valence-corrected chi connectivity index (χ3v) is 6.17. The van der Waals surface area contributed by atoms with E-state index in [0.29, 0.717) is 28.6 Å². The van der Waals surface area contributed by atoms with Gasteiger partial charge in [-0.25, -0.2) is 4.79 Å². The molecule has 1 aromatic carbocycles. The number of piperidine rings is 1. The predicted molar refractivity (Wildman–Crippen MR) is 111 cm³/mol. The molecule has 7 heteroatoms. The van der Waals surface area contributed by atoms with E-state index in [1.165, 1.54) is 7.11 Å². The Morgan fingerprint density at radius 2 is 2.00 bits per heavy atom. The van der Waals surface area contributed by atoms with Gasteiger partial charge in [-0.15, -0.1) is 0 Å². The van der Waals surface area contributed by atoms with Crippen molar-refractivity contribution in [1.82, 2.24) is 9.80 Å². The zero-order valence-electron chi connectivity index (χ0n) is 16.1. The Morgan fingerprint density at radius 1 is 1.18 bits per heavy atom. The number of carbonyl (C=O) groups is 2. The second-order valence-corrected chi connectivity index (χ2v) is 8.22. The molecule has 2 aliphatic rings. The number of esters is 1. The van der Waals surface area contributed by atoms with E-state index in [1.54, 1.807) is 12.1 Å². The molecule has 3 rings (SSSR count). The molecule has 5 nitrogen and oxygen atoms in total. The van der Waals surface area contributed by atoms with Crippen LogP contribution in [0, 0.1) is 0 Å². The molecule has 1 atom stereocenters. The summed E-state index contributed by atoms with van der Waals surface area (Å²) in [6.07, 6.45) is 6.23. The van der Waals surface area contributed by atoms with Gasteiger partial charge in [-0.3, -0.25) is 9.69 Å². The normalized spacial score (nSPS) is 20.6. The van der Waals surface area contributed by atoms with Gasteiger partial charge in [0.05, 0.1) is 23.6 Å². The number of hydrogen-bond donors (Lipinski definition) is 0. The third-order valence-electron chi connectivity index (χ3n) is 5.43. The largest absolute Gasteiger partial charge is 0.466 e. The van der Waals surface area contributed by atoms with Crippen molar-refractivity contribution in [3.8, 4) is 0 Å². The van der Waals surface area contributed by atoms with E-state index in [2.05, 4.69) is 4.90 Å². The van der Waals surface area contributed by atoms with Gasteiger partial charge in [0, 0.05) is 37.8 Å². The van der Waals surface area contributed by atoms with Gasteiger partial charge in [0.1, 0.15) is 0 Å². The minimum absolute atomic E-state index is 0.115. The number of benzene rings is 1. The van der Waals surface area contributed by atoms with Gasteiger partial charge < -0.3 is 9.64 Å². The van der Waals surface area contributed by atoms with Crippen molar-refractivity contribution < 1.29 is 14.3 Å². The molecule has 0 N–H and O–H groups in total. The highest BCUT2D eigenvalue weighted by atomic mass is 35.5. The first-order valence-electron chi connectivity index (χ1n) is 9.71. The van der Waals surface area contributed by atoms with E-state index in [-0.39, 0.29) is 17.9 Å². The van der Waals surface area contributed by atoms with E-state index in [9.17, 15) is 9.59 Å². The molecular formula is C21H26Cl2N2O3. The monoisotopic (exact) mass is 424 g/mol. The van der Waals surface area contributed by atoms with E-state index >= 15 is 0 Å². The average Bonchev–Trinajstić information content (AvgIpc) is 2.70. The number of ether oxygens (including phenoxy) is 1. The lowest BCUT2D eigenvalue weighted by Crippen LogP contribution is -2.51. The molecule has 0 aromatic heterocycles. The van der Waals surface area contributed by atoms with Crippen molar-refractivity contribution in [3.63, 3.8) is 0 Å². The molecule has 152 valence electrons. The van der Waals surface area contributed by atoms with Crippen LogP contribution in [-0.4, -0.2) is 61.0 Å². The van der Waals surface area contributed by atoms with Crippen molar-refractivity contribution >= 4 is 35.1 Å². The first-order chi connectivity index (χ1) is 13.5. The van der Waals surface area contributed by atoms with Crippen LogP contribution in [0.5, 0.6) is 0 Å². The topological polar surface area (TPSA) is 49.9 Å². The minimum Gasteiger partial charge on any atom is -0.466 e. The molecule has 0 radical (unpaired) electrons. The smallest absolute Gasteiger partial charge is 0.334 e. The van der Waals surface area contributed by atoms with Crippen molar-refractivity contribution in [1.29, 1.82) is 0 Å². The first-order valence-corrected chi connectivity index (χ1v) is 10.5. The maximum absolute atomic E-state index is 13.0. The van der Waals surface area contributed by atoms with E-state index in [4.69, 9.17) is 27.9 Å². The van der Waals surface area contributed by atoms with Gasteiger partial charge in [-0.05, 0) is 43.4 Å². The molecule has 1 fully saturated rings. The summed E-state index contributed by atoms with van der Waals surface area (Å²) >= 11 is 12.1. The second-order valence-electron chi connectivity index (χ2n) is 7.41. The van der Waals surface area contributed by atoms with Crippen molar-refractivity contribution in [2.45, 2.75) is 38.1 Å². The number of likely N-dealkylation sites (tertiary alicyclic amines) is 1. The van der Waals surface area contributed by atoms with Gasteiger partial charge in [0.2, 0.25) is 5.91 Å². The first kappa shape index (κ1) is 21.2. The van der Waals surface area contributed by atoms with Gasteiger partial charge in [0.15, 0.2) is 0 Å². The quantitative estimate of drug-likeness (QED) is 0.675. The summed E-state index contributed by atoms with van der Waals surface area (Å²) < 4.78 is 4.85. The fraction of sp³-hybridized carbons (Fsp3) is 0.524. The molecule has 1 saturated heterocycles. The summed E-state index contributed by atoms with van der Waals surface area (Å²) in [5, 5.41) is 0.964. The van der Waals surface area contributed by atoms with Crippen molar-refractivity contribution in [3.05, 3.63) is 45.5 Å². The number of carbonyl (C=O) groups excluding carboxylic acids is 2. The Morgan fingerprint density at radius 3 is 2.75 bits per heavy atom. The molecule has 1 amide bonds. The molecule has 0 aliphatic carbocycles. The zero-order valence-corrected chi connectivity index (χ0v) is 17.6. The number of halogens is 2. The third kappa shape index (κ3) is 5.28. The maximum atomic E-state index is 13.0. The Kier molecular flexibility index (Phi) is 7.38. The highest BCUT2D eigenvalue weighted by molar-refractivity contribution is 6.42. The van der Waals surface area contributed by atoms with Gasteiger partial charge >= 0.3 is 5.97 Å². The lowest BCUT2D eigenvalue weighted by Gasteiger charge is -2.39. The zero-order chi connectivity index (χ0) is 20.1. The number of amides is 1. The lowest BCUT2D eigenvalue weighted by molar-refractivity contribution is -0.137. The number of hydrogen-bond acceptors (Lipinski definition) is 4. The average molecular weight is 425 g/mol. The van der Waals surface area contributed by atoms with Crippen LogP contribution < -0.4 is 0 Å². The molecule has 28 heavy (non-hydrogen) atoms. The van der Waals surface area contributed by atoms with Gasteiger partial charge in [-0.2, -0.15) is 0 Å². The summed E-state index contributed by atoms with van der Waals surface area (Å²) in [6.45, 7) is 3.03. The van der Waals surface area contributed by atoms with Crippen LogP contribution >= 0.6 is 23.2 Å². The predicted octanol–water partition coefficient (Wildman–Crippen LogP) is 3.72. The van der Waals surface area contributed by atoms with Crippen LogP contribution in [0.3, 0.4) is 0 Å². The Bertz CT molecular complexity index is 766. The van der Waals surface area contributed by atoms with Crippen LogP contribution in [0.4, 0.5) is 0 Å². The summed E-state index contributed by atoms with van der Waals surface area (Å²) in [5.41, 5.74) is 1.58. The number of rotatable bonds is 5. The molecule has 1 unspecified atom stereocenters. The standard InChI is InChI=1S/C21H26Cl2N2O3/c1-28-21(27)16-5-4-9-24(13-16)14-17-6-2-3-10-25(17)20(26)12-15-7-8-18(22)19(23)11-15/h5,7-8,11,17H,2-4,6,9-10,12-14H2,1H3. The Balaban J connectivity index is 1.63. The molecule has 0 bridgehead atoms. The molecule has 0 saturated carbocycles. The van der Waals surface area contributed by atoms with Crippen LogP contribution in [0.1, 0.15) is 31.2 Å². The van der Waals surface area contributed by atoms with Gasteiger partial charge in [-0.1, -0.05) is 35.3 Å². The Hall–Kier alpha value is -1.56. The molecule has 1 aromatic rings. The molecule has 2 aliphatic heterocycles. The van der Waals surface area contributed by atoms with E-state index in [0.717, 1.165) is 50.9 Å². The number of nitrogens with zero attached hydrogens (tertiary/aromatic N) is 2. The second kappa shape index (κ2) is 9.77. The lowest BCUT2D eigenvalue weighted by atomic mass is 9.99. The summed E-state index contributed by atoms with van der Waals surface area (Å²) in [6, 6.07) is 5.51. The fourth-order valence-corrected chi connectivity index (χ4v) is 4.30. The Labute approximate surface area is 176 Å². The molecule has 0 spiro atoms. The fourth-order valence-electron chi connectivity index (χ4n) is 3.98. The maximum Gasteiger partial charge on any atom is 0.334 e. The van der Waals surface area contributed by atoms with E-state index in [1.807, 2.05) is 17.0 Å². The number of methoxy groups -OCH3 is 1. The summed E-state index contributed by atoms with van der Waals surface area (Å²) in [5.74, 6) is -0.148. The van der Waals surface area contributed by atoms with Crippen molar-refractivity contribution in [2.75, 3.05) is 33.3 Å². The van der Waals surface area contributed by atoms with Crippen LogP contribution in [-0.2, 0) is 20.7 Å². The summed E-state index contributed by atoms with van der Waals surface area (Å²) in [4.78, 5) is 29.1. The van der Waals surface area contributed by atoms with Crippen LogP contribution in [0.2, 0.25) is 10.0 Å². The van der Waals surface area contributed by atoms with Gasteiger partial charge in [0.25, 0.3) is 0 Å². The van der Waals surface area contributed by atoms with Crippen LogP contribution in [0.15, 0.2) is 29.8 Å². The highest BCUT2D eigenvalue weighted by Gasteiger charge is 2.29. The van der Waals surface area contributed by atoms with Crippen molar-refractivity contribution in [2.24, 2.45) is 0 Å². The van der Waals surface area contributed by atoms with Crippen LogP contribution in [0.25, 0.3) is 0 Å².